The zero-order valence-corrected chi connectivity index (χ0v) is 14.1. The molecule has 0 saturated heterocycles. The van der Waals surface area contributed by atoms with Crippen molar-refractivity contribution >= 4 is 23.5 Å². The van der Waals surface area contributed by atoms with Crippen molar-refractivity contribution in [2.45, 2.75) is 26.3 Å². The Morgan fingerprint density at radius 1 is 1.16 bits per heavy atom. The van der Waals surface area contributed by atoms with Gasteiger partial charge in [-0.15, -0.1) is 0 Å². The third-order valence-corrected chi connectivity index (χ3v) is 3.33. The Hall–Kier alpha value is -3.09. The third-order valence-electron chi connectivity index (χ3n) is 3.33. The summed E-state index contributed by atoms with van der Waals surface area (Å²) in [7, 11) is 0. The van der Waals surface area contributed by atoms with Gasteiger partial charge >= 0.3 is 5.97 Å². The largest absolute Gasteiger partial charge is 0.467 e. The Labute approximate surface area is 145 Å². The van der Waals surface area contributed by atoms with E-state index in [1.165, 1.54) is 13.2 Å². The molecule has 1 heterocycles. The van der Waals surface area contributed by atoms with Crippen LogP contribution in [0.2, 0.25) is 0 Å². The summed E-state index contributed by atoms with van der Waals surface area (Å²) in [5.41, 5.74) is 1.37. The van der Waals surface area contributed by atoms with Crippen molar-refractivity contribution in [2.24, 2.45) is 0 Å². The first kappa shape index (κ1) is 18.3. The Kier molecular flexibility index (Phi) is 6.33. The summed E-state index contributed by atoms with van der Waals surface area (Å²) < 4.78 is 10.2. The van der Waals surface area contributed by atoms with Crippen LogP contribution in [0.5, 0.6) is 0 Å². The number of anilines is 1. The Balaban J connectivity index is 1.74. The van der Waals surface area contributed by atoms with Crippen LogP contribution in [-0.2, 0) is 25.5 Å². The number of carbonyl (C=O) groups excluding carboxylic acids is 3. The Bertz CT molecular complexity index is 722. The van der Waals surface area contributed by atoms with Crippen LogP contribution >= 0.6 is 0 Å². The molecule has 0 saturated carbocycles. The molecule has 1 atom stereocenters. The molecule has 0 aliphatic heterocycles. The fourth-order valence-electron chi connectivity index (χ4n) is 2.16. The third kappa shape index (κ3) is 6.14. The second-order valence-corrected chi connectivity index (χ2v) is 5.52. The second-order valence-electron chi connectivity index (χ2n) is 5.52. The van der Waals surface area contributed by atoms with Crippen molar-refractivity contribution in [3.63, 3.8) is 0 Å². The average molecular weight is 344 g/mol. The zero-order chi connectivity index (χ0) is 18.2. The minimum atomic E-state index is -0.506. The Morgan fingerprint density at radius 2 is 1.88 bits per heavy atom. The van der Waals surface area contributed by atoms with Gasteiger partial charge in [-0.3, -0.25) is 14.4 Å². The zero-order valence-electron chi connectivity index (χ0n) is 14.1. The second kappa shape index (κ2) is 8.68. The highest BCUT2D eigenvalue weighted by Gasteiger charge is 2.13. The van der Waals surface area contributed by atoms with Gasteiger partial charge in [-0.1, -0.05) is 12.1 Å². The quantitative estimate of drug-likeness (QED) is 0.751. The minimum absolute atomic E-state index is 0.0430. The van der Waals surface area contributed by atoms with Gasteiger partial charge in [-0.2, -0.15) is 0 Å². The molecular formula is C18H20N2O5. The average Bonchev–Trinajstić information content (AvgIpc) is 3.09. The lowest BCUT2D eigenvalue weighted by Gasteiger charge is -2.11. The molecule has 2 N–H and O–H groups in total. The molecule has 132 valence electrons. The summed E-state index contributed by atoms with van der Waals surface area (Å²) in [6.45, 7) is 2.84. The number of rotatable bonds is 7. The number of carbonyl (C=O) groups is 3. The van der Waals surface area contributed by atoms with Crippen LogP contribution in [0.3, 0.4) is 0 Å². The van der Waals surface area contributed by atoms with E-state index in [2.05, 4.69) is 10.6 Å². The summed E-state index contributed by atoms with van der Waals surface area (Å²) in [5.74, 6) is -0.452. The molecule has 1 aromatic heterocycles. The predicted molar refractivity (Wildman–Crippen MR) is 90.7 cm³/mol. The van der Waals surface area contributed by atoms with Crippen LogP contribution in [-0.4, -0.2) is 24.4 Å². The summed E-state index contributed by atoms with van der Waals surface area (Å²) >= 11 is 0. The number of nitrogens with one attached hydrogen (secondary N) is 2. The van der Waals surface area contributed by atoms with E-state index in [4.69, 9.17) is 9.15 Å². The Morgan fingerprint density at radius 3 is 2.48 bits per heavy atom. The molecule has 1 aromatic carbocycles. The highest BCUT2D eigenvalue weighted by Crippen LogP contribution is 2.12. The number of esters is 1. The first-order valence-corrected chi connectivity index (χ1v) is 7.79. The van der Waals surface area contributed by atoms with E-state index < -0.39 is 11.9 Å². The number of benzene rings is 1. The van der Waals surface area contributed by atoms with E-state index in [9.17, 15) is 14.4 Å². The van der Waals surface area contributed by atoms with Gasteiger partial charge in [0.2, 0.25) is 5.91 Å². The van der Waals surface area contributed by atoms with Crippen LogP contribution in [0.15, 0.2) is 47.1 Å². The molecule has 7 heteroatoms. The minimum Gasteiger partial charge on any atom is -0.467 e. The van der Waals surface area contributed by atoms with Crippen LogP contribution in [0, 0.1) is 0 Å². The van der Waals surface area contributed by atoms with Crippen LogP contribution in [0.4, 0.5) is 5.69 Å². The maximum absolute atomic E-state index is 11.8. The maximum atomic E-state index is 11.8. The van der Waals surface area contributed by atoms with Gasteiger partial charge in [0.15, 0.2) is 6.61 Å². The number of amides is 2. The van der Waals surface area contributed by atoms with Crippen molar-refractivity contribution in [3.05, 3.63) is 54.0 Å². The molecule has 0 fully saturated rings. The first-order chi connectivity index (χ1) is 11.9. The van der Waals surface area contributed by atoms with Crippen molar-refractivity contribution in [1.82, 2.24) is 5.32 Å². The summed E-state index contributed by atoms with van der Waals surface area (Å²) in [4.78, 5) is 34.5. The molecule has 25 heavy (non-hydrogen) atoms. The van der Waals surface area contributed by atoms with Gasteiger partial charge in [0.25, 0.3) is 5.91 Å². The lowest BCUT2D eigenvalue weighted by molar-refractivity contribution is -0.148. The molecule has 2 aromatic rings. The molecule has 7 nitrogen and oxygen atoms in total. The SMILES string of the molecule is CC(=O)Nc1ccc(CC(=O)OCC(=O)N[C@@H](C)c2ccco2)cc1. The van der Waals surface area contributed by atoms with Gasteiger partial charge < -0.3 is 19.8 Å². The van der Waals surface area contributed by atoms with E-state index in [-0.39, 0.29) is 25.0 Å². The molecule has 0 radical (unpaired) electrons. The molecular weight excluding hydrogens is 324 g/mol. The number of hydrogen-bond donors (Lipinski definition) is 2. The van der Waals surface area contributed by atoms with Crippen molar-refractivity contribution in [2.75, 3.05) is 11.9 Å². The van der Waals surface area contributed by atoms with E-state index in [0.717, 1.165) is 5.56 Å². The summed E-state index contributed by atoms with van der Waals surface area (Å²) in [6, 6.07) is 10.00. The van der Waals surface area contributed by atoms with Gasteiger partial charge in [0.1, 0.15) is 5.76 Å². The van der Waals surface area contributed by atoms with Gasteiger partial charge in [-0.25, -0.2) is 0 Å². The number of furan rings is 1. The molecule has 0 spiro atoms. The smallest absolute Gasteiger partial charge is 0.310 e. The number of hydrogen-bond acceptors (Lipinski definition) is 5. The van der Waals surface area contributed by atoms with Crippen molar-refractivity contribution < 1.29 is 23.5 Å². The molecule has 2 amide bonds. The monoisotopic (exact) mass is 344 g/mol. The standard InChI is InChI=1S/C18H20N2O5/c1-12(16-4-3-9-24-16)19-17(22)11-25-18(23)10-14-5-7-15(8-6-14)20-13(2)21/h3-9,12H,10-11H2,1-2H3,(H,19,22)(H,20,21)/t12-/m0/s1. The lowest BCUT2D eigenvalue weighted by atomic mass is 10.1. The topological polar surface area (TPSA) is 97.6 Å². The predicted octanol–water partition coefficient (Wildman–Crippen LogP) is 2.20. The van der Waals surface area contributed by atoms with Crippen LogP contribution < -0.4 is 10.6 Å². The molecule has 0 aliphatic rings. The summed E-state index contributed by atoms with van der Waals surface area (Å²) in [5, 5.41) is 5.32. The van der Waals surface area contributed by atoms with Crippen LogP contribution in [0.25, 0.3) is 0 Å². The van der Waals surface area contributed by atoms with E-state index in [1.807, 2.05) is 0 Å². The number of ether oxygens (including phenoxy) is 1. The molecule has 0 bridgehead atoms. The highest BCUT2D eigenvalue weighted by atomic mass is 16.5. The lowest BCUT2D eigenvalue weighted by Crippen LogP contribution is -2.31. The molecule has 0 unspecified atom stereocenters. The first-order valence-electron chi connectivity index (χ1n) is 7.79. The fraction of sp³-hybridized carbons (Fsp3) is 0.278. The normalized spacial score (nSPS) is 11.4. The van der Waals surface area contributed by atoms with Crippen molar-refractivity contribution in [1.29, 1.82) is 0 Å². The van der Waals surface area contributed by atoms with Crippen molar-refractivity contribution in [3.8, 4) is 0 Å². The molecule has 2 rings (SSSR count). The highest BCUT2D eigenvalue weighted by molar-refractivity contribution is 5.88. The van der Waals surface area contributed by atoms with E-state index >= 15 is 0 Å². The van der Waals surface area contributed by atoms with Gasteiger partial charge in [-0.05, 0) is 36.8 Å². The van der Waals surface area contributed by atoms with Gasteiger partial charge in [0.05, 0.1) is 18.7 Å². The van der Waals surface area contributed by atoms with E-state index in [0.29, 0.717) is 11.4 Å². The van der Waals surface area contributed by atoms with Crippen LogP contribution in [0.1, 0.15) is 31.2 Å². The summed E-state index contributed by atoms with van der Waals surface area (Å²) in [6.07, 6.45) is 1.57. The molecule has 0 aliphatic carbocycles. The van der Waals surface area contributed by atoms with Gasteiger partial charge in [0, 0.05) is 12.6 Å². The fourth-order valence-corrected chi connectivity index (χ4v) is 2.16. The maximum Gasteiger partial charge on any atom is 0.310 e. The van der Waals surface area contributed by atoms with E-state index in [1.54, 1.807) is 43.3 Å².